The van der Waals surface area contributed by atoms with Gasteiger partial charge in [0.25, 0.3) is 0 Å². The molecule has 0 bridgehead atoms. The van der Waals surface area contributed by atoms with E-state index in [1.54, 1.807) is 0 Å². The summed E-state index contributed by atoms with van der Waals surface area (Å²) in [6.07, 6.45) is 2.61. The van der Waals surface area contributed by atoms with E-state index in [0.29, 0.717) is 5.92 Å². The van der Waals surface area contributed by atoms with Crippen LogP contribution in [0.1, 0.15) is 35.6 Å². The molecule has 18 heavy (non-hydrogen) atoms. The molecule has 1 atom stereocenters. The number of hydrogen-bond donors (Lipinski definition) is 1. The number of aryl methyl sites for hydroxylation is 3. The first-order valence-electron chi connectivity index (χ1n) is 6.94. The highest BCUT2D eigenvalue weighted by Crippen LogP contribution is 2.31. The first kappa shape index (κ1) is 11.8. The minimum atomic E-state index is 0.677. The van der Waals surface area contributed by atoms with Crippen molar-refractivity contribution >= 4 is 10.9 Å². The summed E-state index contributed by atoms with van der Waals surface area (Å²) in [7, 11) is 2.22. The van der Waals surface area contributed by atoms with E-state index in [9.17, 15) is 0 Å². The van der Waals surface area contributed by atoms with Crippen molar-refractivity contribution in [3.05, 3.63) is 35.0 Å². The molecule has 2 heteroatoms. The maximum Gasteiger partial charge on any atom is 0.0512 e. The molecule has 2 heterocycles. The number of nitrogens with one attached hydrogen (secondary N) is 1. The average molecular weight is 242 g/mol. The van der Waals surface area contributed by atoms with E-state index in [-0.39, 0.29) is 0 Å². The fourth-order valence-corrected chi connectivity index (χ4v) is 3.26. The lowest BCUT2D eigenvalue weighted by atomic mass is 9.96. The largest absolute Gasteiger partial charge is 0.347 e. The predicted octanol–water partition coefficient (Wildman–Crippen LogP) is 3.26. The van der Waals surface area contributed by atoms with Crippen molar-refractivity contribution in [2.45, 2.75) is 32.6 Å². The standard InChI is InChI=1S/C16H22N2/c1-11-6-7-13-9-15(14-5-4-8-17-10-14)18(3)16(13)12(11)2/h6-7,9,14,17H,4-5,8,10H2,1-3H3. The molecule has 0 aliphatic carbocycles. The molecular formula is C16H22N2. The molecule has 1 fully saturated rings. The third-order valence-corrected chi connectivity index (χ3v) is 4.47. The zero-order chi connectivity index (χ0) is 12.7. The predicted molar refractivity (Wildman–Crippen MR) is 77.2 cm³/mol. The van der Waals surface area contributed by atoms with E-state index in [0.717, 1.165) is 6.54 Å². The molecule has 1 aliphatic heterocycles. The first-order chi connectivity index (χ1) is 8.68. The number of rotatable bonds is 1. The van der Waals surface area contributed by atoms with Crippen LogP contribution in [0.15, 0.2) is 18.2 Å². The van der Waals surface area contributed by atoms with Gasteiger partial charge in [0, 0.05) is 30.6 Å². The molecule has 1 aromatic heterocycles. The minimum Gasteiger partial charge on any atom is -0.347 e. The quantitative estimate of drug-likeness (QED) is 0.812. The summed E-state index contributed by atoms with van der Waals surface area (Å²) in [5.74, 6) is 0.677. The zero-order valence-corrected chi connectivity index (χ0v) is 11.6. The van der Waals surface area contributed by atoms with Gasteiger partial charge in [-0.1, -0.05) is 12.1 Å². The zero-order valence-electron chi connectivity index (χ0n) is 11.6. The van der Waals surface area contributed by atoms with Gasteiger partial charge in [-0.15, -0.1) is 0 Å². The Hall–Kier alpha value is -1.28. The lowest BCUT2D eigenvalue weighted by Crippen LogP contribution is -2.29. The molecule has 1 N–H and O–H groups in total. The van der Waals surface area contributed by atoms with Crippen LogP contribution in [0.25, 0.3) is 10.9 Å². The van der Waals surface area contributed by atoms with Crippen LogP contribution in [0.4, 0.5) is 0 Å². The smallest absolute Gasteiger partial charge is 0.0512 e. The van der Waals surface area contributed by atoms with Crippen LogP contribution in [0, 0.1) is 13.8 Å². The fraction of sp³-hybridized carbons (Fsp3) is 0.500. The Balaban J connectivity index is 2.13. The SMILES string of the molecule is Cc1ccc2cc(C3CCCNC3)n(C)c2c1C. The Morgan fingerprint density at radius 1 is 1.28 bits per heavy atom. The van der Waals surface area contributed by atoms with Crippen molar-refractivity contribution in [1.82, 2.24) is 9.88 Å². The van der Waals surface area contributed by atoms with Crippen LogP contribution in [-0.4, -0.2) is 17.7 Å². The molecule has 2 nitrogen and oxygen atoms in total. The topological polar surface area (TPSA) is 17.0 Å². The van der Waals surface area contributed by atoms with Gasteiger partial charge in [0.2, 0.25) is 0 Å². The summed E-state index contributed by atoms with van der Waals surface area (Å²) < 4.78 is 2.41. The molecule has 1 unspecified atom stereocenters. The highest BCUT2D eigenvalue weighted by Gasteiger charge is 2.19. The lowest BCUT2D eigenvalue weighted by Gasteiger charge is -2.23. The number of piperidine rings is 1. The van der Waals surface area contributed by atoms with Crippen molar-refractivity contribution in [3.8, 4) is 0 Å². The highest BCUT2D eigenvalue weighted by atomic mass is 15.0. The van der Waals surface area contributed by atoms with Gasteiger partial charge in [-0.05, 0) is 50.4 Å². The van der Waals surface area contributed by atoms with Crippen LogP contribution >= 0.6 is 0 Å². The second kappa shape index (κ2) is 4.43. The van der Waals surface area contributed by atoms with Crippen molar-refractivity contribution in [2.75, 3.05) is 13.1 Å². The summed E-state index contributed by atoms with van der Waals surface area (Å²) in [6.45, 7) is 6.74. The number of hydrogen-bond acceptors (Lipinski definition) is 1. The van der Waals surface area contributed by atoms with Gasteiger partial charge in [0.1, 0.15) is 0 Å². The molecule has 1 saturated heterocycles. The van der Waals surface area contributed by atoms with Gasteiger partial charge in [0.15, 0.2) is 0 Å². The molecular weight excluding hydrogens is 220 g/mol. The molecule has 3 rings (SSSR count). The normalized spacial score (nSPS) is 20.5. The molecule has 96 valence electrons. The van der Waals surface area contributed by atoms with E-state index in [1.807, 2.05) is 0 Å². The molecule has 1 aliphatic rings. The van der Waals surface area contributed by atoms with E-state index < -0.39 is 0 Å². The van der Waals surface area contributed by atoms with Crippen molar-refractivity contribution < 1.29 is 0 Å². The van der Waals surface area contributed by atoms with Gasteiger partial charge >= 0.3 is 0 Å². The molecule has 1 aromatic carbocycles. The molecule has 0 spiro atoms. The molecule has 2 aromatic rings. The maximum atomic E-state index is 3.52. The van der Waals surface area contributed by atoms with Crippen LogP contribution in [0.3, 0.4) is 0 Å². The van der Waals surface area contributed by atoms with Crippen molar-refractivity contribution in [2.24, 2.45) is 7.05 Å². The van der Waals surface area contributed by atoms with E-state index in [4.69, 9.17) is 0 Å². The van der Waals surface area contributed by atoms with Crippen LogP contribution in [0.5, 0.6) is 0 Å². The maximum absolute atomic E-state index is 3.52. The van der Waals surface area contributed by atoms with Crippen LogP contribution in [-0.2, 0) is 7.05 Å². The van der Waals surface area contributed by atoms with Crippen molar-refractivity contribution in [1.29, 1.82) is 0 Å². The van der Waals surface area contributed by atoms with Crippen LogP contribution < -0.4 is 5.32 Å². The summed E-state index contributed by atoms with van der Waals surface area (Å²) >= 11 is 0. The molecule has 0 amide bonds. The summed E-state index contributed by atoms with van der Waals surface area (Å²) in [5, 5.41) is 4.91. The number of nitrogens with zero attached hydrogens (tertiary/aromatic N) is 1. The average Bonchev–Trinajstić information content (AvgIpc) is 2.73. The Kier molecular flexibility index (Phi) is 2.90. The van der Waals surface area contributed by atoms with Crippen LogP contribution in [0.2, 0.25) is 0 Å². The Labute approximate surface area is 109 Å². The molecule has 0 saturated carbocycles. The summed E-state index contributed by atoms with van der Waals surface area (Å²) in [4.78, 5) is 0. The van der Waals surface area contributed by atoms with Crippen molar-refractivity contribution in [3.63, 3.8) is 0 Å². The third-order valence-electron chi connectivity index (χ3n) is 4.47. The Bertz CT molecular complexity index is 574. The van der Waals surface area contributed by atoms with E-state index in [1.165, 1.54) is 47.1 Å². The fourth-order valence-electron chi connectivity index (χ4n) is 3.26. The summed E-state index contributed by atoms with van der Waals surface area (Å²) in [5.41, 5.74) is 5.71. The lowest BCUT2D eigenvalue weighted by molar-refractivity contribution is 0.448. The Morgan fingerprint density at radius 3 is 2.83 bits per heavy atom. The van der Waals surface area contributed by atoms with Gasteiger partial charge in [-0.3, -0.25) is 0 Å². The molecule has 0 radical (unpaired) electrons. The van der Waals surface area contributed by atoms with E-state index in [2.05, 4.69) is 49.0 Å². The van der Waals surface area contributed by atoms with Gasteiger partial charge in [-0.25, -0.2) is 0 Å². The first-order valence-corrected chi connectivity index (χ1v) is 6.94. The van der Waals surface area contributed by atoms with Gasteiger partial charge in [0.05, 0.1) is 5.52 Å². The number of fused-ring (bicyclic) bond motifs is 1. The van der Waals surface area contributed by atoms with Gasteiger partial charge < -0.3 is 9.88 Å². The second-order valence-electron chi connectivity index (χ2n) is 5.62. The van der Waals surface area contributed by atoms with E-state index >= 15 is 0 Å². The number of benzene rings is 1. The highest BCUT2D eigenvalue weighted by molar-refractivity contribution is 5.85. The van der Waals surface area contributed by atoms with Gasteiger partial charge in [-0.2, -0.15) is 0 Å². The monoisotopic (exact) mass is 242 g/mol. The number of aromatic nitrogens is 1. The third kappa shape index (κ3) is 1.76. The Morgan fingerprint density at radius 2 is 2.11 bits per heavy atom. The summed E-state index contributed by atoms with van der Waals surface area (Å²) in [6, 6.07) is 6.89. The minimum absolute atomic E-state index is 0.677. The second-order valence-corrected chi connectivity index (χ2v) is 5.62.